The molecule has 0 bridgehead atoms. The molecule has 3 aromatic rings. The van der Waals surface area contributed by atoms with Crippen LogP contribution in [-0.4, -0.2) is 20.9 Å². The van der Waals surface area contributed by atoms with E-state index in [0.29, 0.717) is 36.8 Å². The number of aromatic nitrogens is 2. The zero-order chi connectivity index (χ0) is 22.4. The van der Waals surface area contributed by atoms with Gasteiger partial charge in [-0.1, -0.05) is 32.9 Å². The number of fused-ring (bicyclic) bond motifs is 1. The fraction of sp³-hybridized carbons (Fsp3) is 0.375. The molecule has 0 spiro atoms. The zero-order valence-corrected chi connectivity index (χ0v) is 18.4. The second kappa shape index (κ2) is 10.1. The van der Waals surface area contributed by atoms with Gasteiger partial charge >= 0.3 is 5.69 Å². The molecule has 7 nitrogen and oxygen atoms in total. The summed E-state index contributed by atoms with van der Waals surface area (Å²) in [6.07, 6.45) is 1.52. The topological polar surface area (TPSA) is 85.1 Å². The molecule has 164 valence electrons. The summed E-state index contributed by atoms with van der Waals surface area (Å²) in [5.74, 6) is 0.0948. The molecule has 0 aliphatic heterocycles. The minimum Gasteiger partial charge on any atom is -0.326 e. The number of amides is 2. The highest BCUT2D eigenvalue weighted by Gasteiger charge is 2.13. The van der Waals surface area contributed by atoms with E-state index in [0.717, 1.165) is 17.5 Å². The summed E-state index contributed by atoms with van der Waals surface area (Å²) in [6.45, 7) is 6.98. The minimum absolute atomic E-state index is 0.0283. The summed E-state index contributed by atoms with van der Waals surface area (Å²) in [4.78, 5) is 37.1. The highest BCUT2D eigenvalue weighted by Crippen LogP contribution is 2.16. The molecule has 1 aromatic heterocycles. The third-order valence-electron chi connectivity index (χ3n) is 4.98. The van der Waals surface area contributed by atoms with Crippen LogP contribution in [0.5, 0.6) is 0 Å². The number of anilines is 2. The van der Waals surface area contributed by atoms with Crippen molar-refractivity contribution >= 4 is 34.2 Å². The van der Waals surface area contributed by atoms with E-state index >= 15 is 0 Å². The first-order chi connectivity index (χ1) is 14.9. The predicted octanol–water partition coefficient (Wildman–Crippen LogP) is 4.23. The van der Waals surface area contributed by atoms with Gasteiger partial charge in [0.1, 0.15) is 0 Å². The molecular formula is C24H30N4O3. The number of hydrogen-bond donors (Lipinski definition) is 2. The molecule has 31 heavy (non-hydrogen) atoms. The SMILES string of the molecule is CCCn1c(=O)n(CCC(=O)Nc2ccc(NC(=O)CC(C)C)cc2)c2ccccc21. The molecule has 2 N–H and O–H groups in total. The maximum atomic E-state index is 12.8. The fourth-order valence-electron chi connectivity index (χ4n) is 3.58. The maximum absolute atomic E-state index is 12.8. The van der Waals surface area contributed by atoms with Crippen LogP contribution in [0.4, 0.5) is 11.4 Å². The van der Waals surface area contributed by atoms with Gasteiger partial charge in [0.2, 0.25) is 11.8 Å². The van der Waals surface area contributed by atoms with E-state index in [1.807, 2.05) is 45.0 Å². The summed E-state index contributed by atoms with van der Waals surface area (Å²) in [5.41, 5.74) is 2.99. The lowest BCUT2D eigenvalue weighted by atomic mass is 10.1. The summed E-state index contributed by atoms with van der Waals surface area (Å²) in [7, 11) is 0. The fourth-order valence-corrected chi connectivity index (χ4v) is 3.58. The smallest absolute Gasteiger partial charge is 0.326 e. The molecule has 0 aliphatic rings. The van der Waals surface area contributed by atoms with Gasteiger partial charge in [0.05, 0.1) is 11.0 Å². The molecule has 0 saturated heterocycles. The van der Waals surface area contributed by atoms with Crippen molar-refractivity contribution in [1.82, 2.24) is 9.13 Å². The van der Waals surface area contributed by atoms with E-state index < -0.39 is 0 Å². The molecule has 0 aliphatic carbocycles. The third kappa shape index (κ3) is 5.63. The van der Waals surface area contributed by atoms with Gasteiger partial charge < -0.3 is 10.6 Å². The molecular weight excluding hydrogens is 392 g/mol. The number of carbonyl (C=O) groups is 2. The highest BCUT2D eigenvalue weighted by atomic mass is 16.2. The molecule has 0 unspecified atom stereocenters. The van der Waals surface area contributed by atoms with Gasteiger partial charge in [-0.15, -0.1) is 0 Å². The number of carbonyl (C=O) groups excluding carboxylic acids is 2. The van der Waals surface area contributed by atoms with E-state index in [1.165, 1.54) is 0 Å². The van der Waals surface area contributed by atoms with E-state index in [9.17, 15) is 14.4 Å². The minimum atomic E-state index is -0.171. The first-order valence-corrected chi connectivity index (χ1v) is 10.8. The van der Waals surface area contributed by atoms with Gasteiger partial charge in [0.15, 0.2) is 0 Å². The number of hydrogen-bond acceptors (Lipinski definition) is 3. The maximum Gasteiger partial charge on any atom is 0.329 e. The Bertz CT molecular complexity index is 1110. The van der Waals surface area contributed by atoms with E-state index in [4.69, 9.17) is 0 Å². The lowest BCUT2D eigenvalue weighted by Gasteiger charge is -2.09. The van der Waals surface area contributed by atoms with Crippen LogP contribution in [-0.2, 0) is 22.7 Å². The number of nitrogens with zero attached hydrogens (tertiary/aromatic N) is 2. The quantitative estimate of drug-likeness (QED) is 0.541. The number of para-hydroxylation sites is 2. The van der Waals surface area contributed by atoms with Crippen molar-refractivity contribution in [3.8, 4) is 0 Å². The van der Waals surface area contributed by atoms with Crippen LogP contribution < -0.4 is 16.3 Å². The Morgan fingerprint density at radius 2 is 1.35 bits per heavy atom. The van der Waals surface area contributed by atoms with Crippen LogP contribution >= 0.6 is 0 Å². The van der Waals surface area contributed by atoms with Crippen molar-refractivity contribution in [3.63, 3.8) is 0 Å². The van der Waals surface area contributed by atoms with Crippen molar-refractivity contribution in [2.45, 2.75) is 53.1 Å². The van der Waals surface area contributed by atoms with Crippen molar-refractivity contribution in [2.24, 2.45) is 5.92 Å². The van der Waals surface area contributed by atoms with E-state index in [-0.39, 0.29) is 23.9 Å². The van der Waals surface area contributed by atoms with E-state index in [2.05, 4.69) is 10.6 Å². The first-order valence-electron chi connectivity index (χ1n) is 10.8. The van der Waals surface area contributed by atoms with Gasteiger partial charge in [-0.05, 0) is 48.7 Å². The number of nitrogens with one attached hydrogen (secondary N) is 2. The van der Waals surface area contributed by atoms with Gasteiger partial charge in [0, 0.05) is 37.3 Å². The Kier molecular flexibility index (Phi) is 7.28. The molecule has 7 heteroatoms. The van der Waals surface area contributed by atoms with Crippen LogP contribution in [0.25, 0.3) is 11.0 Å². The molecule has 1 heterocycles. The average molecular weight is 423 g/mol. The lowest BCUT2D eigenvalue weighted by Crippen LogP contribution is -2.26. The van der Waals surface area contributed by atoms with Gasteiger partial charge in [0.25, 0.3) is 0 Å². The van der Waals surface area contributed by atoms with Gasteiger partial charge in [-0.25, -0.2) is 4.79 Å². The van der Waals surface area contributed by atoms with Crippen LogP contribution in [0.1, 0.15) is 40.0 Å². The normalized spacial score (nSPS) is 11.1. The Morgan fingerprint density at radius 1 is 0.839 bits per heavy atom. The van der Waals surface area contributed by atoms with Gasteiger partial charge in [-0.3, -0.25) is 18.7 Å². The summed E-state index contributed by atoms with van der Waals surface area (Å²) < 4.78 is 3.43. The van der Waals surface area contributed by atoms with Crippen molar-refractivity contribution in [1.29, 1.82) is 0 Å². The van der Waals surface area contributed by atoms with Crippen LogP contribution in [0.3, 0.4) is 0 Å². The third-order valence-corrected chi connectivity index (χ3v) is 4.98. The predicted molar refractivity (Wildman–Crippen MR) is 124 cm³/mol. The number of imidazole rings is 1. The summed E-state index contributed by atoms with van der Waals surface area (Å²) in [6, 6.07) is 14.7. The Balaban J connectivity index is 1.61. The molecule has 2 amide bonds. The van der Waals surface area contributed by atoms with Crippen molar-refractivity contribution < 1.29 is 9.59 Å². The van der Waals surface area contributed by atoms with Crippen LogP contribution in [0, 0.1) is 5.92 Å². The first kappa shape index (κ1) is 22.3. The van der Waals surface area contributed by atoms with Crippen molar-refractivity contribution in [3.05, 3.63) is 59.0 Å². The lowest BCUT2D eigenvalue weighted by molar-refractivity contribution is -0.117. The summed E-state index contributed by atoms with van der Waals surface area (Å²) >= 11 is 0. The highest BCUT2D eigenvalue weighted by molar-refractivity contribution is 5.93. The number of benzene rings is 2. The zero-order valence-electron chi connectivity index (χ0n) is 18.4. The second-order valence-corrected chi connectivity index (χ2v) is 8.10. The van der Waals surface area contributed by atoms with Crippen LogP contribution in [0.2, 0.25) is 0 Å². The molecule has 2 aromatic carbocycles. The standard InChI is InChI=1S/C24H30N4O3/c1-4-14-27-20-7-5-6-8-21(20)28(24(27)31)15-13-22(29)25-18-9-11-19(12-10-18)26-23(30)16-17(2)3/h5-12,17H,4,13-16H2,1-3H3,(H,25,29)(H,26,30). The Hall–Kier alpha value is -3.35. The van der Waals surface area contributed by atoms with Crippen LogP contribution in [0.15, 0.2) is 53.3 Å². The van der Waals surface area contributed by atoms with Gasteiger partial charge in [-0.2, -0.15) is 0 Å². The second-order valence-electron chi connectivity index (χ2n) is 8.10. The molecule has 0 radical (unpaired) electrons. The van der Waals surface area contributed by atoms with E-state index in [1.54, 1.807) is 33.4 Å². The summed E-state index contributed by atoms with van der Waals surface area (Å²) in [5, 5.41) is 5.69. The molecule has 0 fully saturated rings. The monoisotopic (exact) mass is 422 g/mol. The molecule has 0 saturated carbocycles. The molecule has 0 atom stereocenters. The molecule has 3 rings (SSSR count). The Morgan fingerprint density at radius 3 is 1.87 bits per heavy atom. The largest absolute Gasteiger partial charge is 0.329 e. The van der Waals surface area contributed by atoms with Crippen molar-refractivity contribution in [2.75, 3.05) is 10.6 Å². The number of rotatable bonds is 9. The number of aryl methyl sites for hydroxylation is 2. The Labute approximate surface area is 182 Å². The average Bonchev–Trinajstić information content (AvgIpc) is 2.99.